The molecule has 1 aromatic rings. The Labute approximate surface area is 123 Å². The molecular formula is C15H17Cl2NO. The van der Waals surface area contributed by atoms with Crippen molar-refractivity contribution in [2.45, 2.75) is 31.7 Å². The average molecular weight is 298 g/mol. The Hall–Kier alpha value is -0.570. The fraction of sp³-hybridized carbons (Fsp3) is 0.533. The van der Waals surface area contributed by atoms with Crippen molar-refractivity contribution < 1.29 is 4.79 Å². The van der Waals surface area contributed by atoms with Gasteiger partial charge in [0.1, 0.15) is 5.78 Å². The van der Waals surface area contributed by atoms with Gasteiger partial charge in [0.25, 0.3) is 0 Å². The van der Waals surface area contributed by atoms with E-state index in [0.717, 1.165) is 18.4 Å². The zero-order valence-electron chi connectivity index (χ0n) is 10.6. The lowest BCUT2D eigenvalue weighted by atomic mass is 9.80. The minimum Gasteiger partial charge on any atom is -0.327 e. The minimum atomic E-state index is 0.0220. The highest BCUT2D eigenvalue weighted by Crippen LogP contribution is 2.48. The Bertz CT molecular complexity index is 515. The predicted molar refractivity (Wildman–Crippen MR) is 77.5 cm³/mol. The largest absolute Gasteiger partial charge is 0.327 e. The first-order valence-corrected chi connectivity index (χ1v) is 7.54. The second-order valence-corrected chi connectivity index (χ2v) is 6.66. The van der Waals surface area contributed by atoms with Gasteiger partial charge in [-0.05, 0) is 54.9 Å². The van der Waals surface area contributed by atoms with E-state index in [1.807, 2.05) is 0 Å². The van der Waals surface area contributed by atoms with E-state index >= 15 is 0 Å². The van der Waals surface area contributed by atoms with Gasteiger partial charge in [0.2, 0.25) is 0 Å². The monoisotopic (exact) mass is 297 g/mol. The molecule has 2 fully saturated rings. The van der Waals surface area contributed by atoms with Gasteiger partial charge in [-0.15, -0.1) is 0 Å². The third kappa shape index (κ3) is 2.42. The van der Waals surface area contributed by atoms with Gasteiger partial charge >= 0.3 is 0 Å². The Kier molecular flexibility index (Phi) is 3.59. The summed E-state index contributed by atoms with van der Waals surface area (Å²) in [5, 5.41) is 1.22. The van der Waals surface area contributed by atoms with Gasteiger partial charge < -0.3 is 5.73 Å². The molecule has 2 aliphatic rings. The molecule has 0 saturated heterocycles. The zero-order chi connectivity index (χ0) is 13.6. The maximum atomic E-state index is 12.5. The molecule has 4 atom stereocenters. The summed E-state index contributed by atoms with van der Waals surface area (Å²) < 4.78 is 0. The van der Waals surface area contributed by atoms with Crippen molar-refractivity contribution in [1.29, 1.82) is 0 Å². The number of nitrogens with two attached hydrogens (primary N) is 1. The molecule has 2 saturated carbocycles. The number of carbonyl (C=O) groups is 1. The van der Waals surface area contributed by atoms with Crippen molar-refractivity contribution in [1.82, 2.24) is 0 Å². The van der Waals surface area contributed by atoms with Gasteiger partial charge in [-0.2, -0.15) is 0 Å². The number of Topliss-reactive ketones (excluding diaryl/α,β-unsaturated/α-hetero) is 1. The lowest BCUT2D eigenvalue weighted by molar-refractivity contribution is -0.124. The normalized spacial score (nSPS) is 32.8. The second kappa shape index (κ2) is 5.08. The quantitative estimate of drug-likeness (QED) is 0.928. The third-order valence-corrected chi connectivity index (χ3v) is 5.33. The number of hydrogen-bond donors (Lipinski definition) is 1. The number of fused-ring (bicyclic) bond motifs is 2. The van der Waals surface area contributed by atoms with Crippen LogP contribution in [0.2, 0.25) is 10.0 Å². The lowest BCUT2D eigenvalue weighted by Gasteiger charge is -2.27. The number of benzene rings is 1. The van der Waals surface area contributed by atoms with Crippen molar-refractivity contribution in [3.05, 3.63) is 33.8 Å². The SMILES string of the molecule is NC1C2CCC(C2)C1C(=O)Cc1cc(Cl)ccc1Cl. The molecule has 3 rings (SSSR count). The Morgan fingerprint density at radius 3 is 2.68 bits per heavy atom. The van der Waals surface area contributed by atoms with Gasteiger partial charge in [0, 0.05) is 28.4 Å². The summed E-state index contributed by atoms with van der Waals surface area (Å²) in [5.41, 5.74) is 7.02. The van der Waals surface area contributed by atoms with Crippen molar-refractivity contribution in [2.75, 3.05) is 0 Å². The average Bonchev–Trinajstić information content (AvgIpc) is 2.94. The maximum Gasteiger partial charge on any atom is 0.142 e. The van der Waals surface area contributed by atoms with E-state index in [9.17, 15) is 4.79 Å². The summed E-state index contributed by atoms with van der Waals surface area (Å²) in [6.45, 7) is 0. The van der Waals surface area contributed by atoms with Crippen molar-refractivity contribution in [3.63, 3.8) is 0 Å². The van der Waals surface area contributed by atoms with Gasteiger partial charge in [-0.1, -0.05) is 23.2 Å². The first-order chi connectivity index (χ1) is 9.06. The smallest absolute Gasteiger partial charge is 0.142 e. The predicted octanol–water partition coefficient (Wildman–Crippen LogP) is 3.48. The summed E-state index contributed by atoms with van der Waals surface area (Å²) in [6.07, 6.45) is 3.81. The highest BCUT2D eigenvalue weighted by Gasteiger charge is 2.48. The number of rotatable bonds is 3. The van der Waals surface area contributed by atoms with Gasteiger partial charge in [0.15, 0.2) is 0 Å². The molecule has 0 aromatic heterocycles. The molecule has 4 unspecified atom stereocenters. The van der Waals surface area contributed by atoms with Crippen LogP contribution in [0.15, 0.2) is 18.2 Å². The molecule has 4 heteroatoms. The molecule has 19 heavy (non-hydrogen) atoms. The molecule has 2 bridgehead atoms. The molecule has 0 heterocycles. The Morgan fingerprint density at radius 1 is 1.26 bits per heavy atom. The van der Waals surface area contributed by atoms with Crippen LogP contribution in [0, 0.1) is 17.8 Å². The molecule has 0 aliphatic heterocycles. The highest BCUT2D eigenvalue weighted by molar-refractivity contribution is 6.33. The fourth-order valence-corrected chi connectivity index (χ4v) is 4.18. The van der Waals surface area contributed by atoms with Crippen LogP contribution in [-0.2, 0) is 11.2 Å². The molecule has 1 aromatic carbocycles. The van der Waals surface area contributed by atoms with Gasteiger partial charge in [0.05, 0.1) is 0 Å². The molecule has 2 N–H and O–H groups in total. The summed E-state index contributed by atoms with van der Waals surface area (Å²) in [5.74, 6) is 1.29. The van der Waals surface area contributed by atoms with E-state index in [1.165, 1.54) is 6.42 Å². The Balaban J connectivity index is 1.77. The number of halogens is 2. The molecule has 0 amide bonds. The van der Waals surface area contributed by atoms with Crippen LogP contribution >= 0.6 is 23.2 Å². The van der Waals surface area contributed by atoms with Crippen LogP contribution in [0.1, 0.15) is 24.8 Å². The maximum absolute atomic E-state index is 12.5. The molecule has 102 valence electrons. The van der Waals surface area contributed by atoms with E-state index in [4.69, 9.17) is 28.9 Å². The van der Waals surface area contributed by atoms with E-state index in [1.54, 1.807) is 18.2 Å². The standard InChI is InChI=1S/C15H17Cl2NO/c16-11-3-4-12(17)10(6-11)7-13(19)14-8-1-2-9(5-8)15(14)18/h3-4,6,8-9,14-15H,1-2,5,7,18H2. The lowest BCUT2D eigenvalue weighted by Crippen LogP contribution is -2.40. The minimum absolute atomic E-state index is 0.0220. The van der Waals surface area contributed by atoms with E-state index in [-0.39, 0.29) is 17.7 Å². The molecular weight excluding hydrogens is 281 g/mol. The topological polar surface area (TPSA) is 43.1 Å². The Morgan fingerprint density at radius 2 is 2.00 bits per heavy atom. The highest BCUT2D eigenvalue weighted by atomic mass is 35.5. The molecule has 2 nitrogen and oxygen atoms in total. The number of hydrogen-bond acceptors (Lipinski definition) is 2. The summed E-state index contributed by atoms with van der Waals surface area (Å²) in [6, 6.07) is 5.30. The van der Waals surface area contributed by atoms with Crippen LogP contribution in [0.3, 0.4) is 0 Å². The summed E-state index contributed by atoms with van der Waals surface area (Å²) in [4.78, 5) is 12.5. The summed E-state index contributed by atoms with van der Waals surface area (Å²) >= 11 is 12.1. The number of carbonyl (C=O) groups excluding carboxylic acids is 1. The van der Waals surface area contributed by atoms with Crippen molar-refractivity contribution in [2.24, 2.45) is 23.5 Å². The van der Waals surface area contributed by atoms with Crippen molar-refractivity contribution in [3.8, 4) is 0 Å². The van der Waals surface area contributed by atoms with E-state index < -0.39 is 0 Å². The van der Waals surface area contributed by atoms with E-state index in [0.29, 0.717) is 28.3 Å². The first kappa shape index (κ1) is 13.4. The third-order valence-electron chi connectivity index (χ3n) is 4.72. The second-order valence-electron chi connectivity index (χ2n) is 5.82. The summed E-state index contributed by atoms with van der Waals surface area (Å²) in [7, 11) is 0. The molecule has 0 radical (unpaired) electrons. The van der Waals surface area contributed by atoms with Crippen LogP contribution < -0.4 is 5.73 Å². The molecule has 2 aliphatic carbocycles. The molecule has 0 spiro atoms. The first-order valence-electron chi connectivity index (χ1n) is 6.78. The van der Waals surface area contributed by atoms with Crippen LogP contribution in [0.4, 0.5) is 0 Å². The van der Waals surface area contributed by atoms with Crippen molar-refractivity contribution >= 4 is 29.0 Å². The van der Waals surface area contributed by atoms with Crippen LogP contribution in [0.25, 0.3) is 0 Å². The van der Waals surface area contributed by atoms with Crippen LogP contribution in [0.5, 0.6) is 0 Å². The van der Waals surface area contributed by atoms with E-state index in [2.05, 4.69) is 0 Å². The van der Waals surface area contributed by atoms with Gasteiger partial charge in [-0.3, -0.25) is 4.79 Å². The number of ketones is 1. The zero-order valence-corrected chi connectivity index (χ0v) is 12.1. The van der Waals surface area contributed by atoms with Gasteiger partial charge in [-0.25, -0.2) is 0 Å². The van der Waals surface area contributed by atoms with Crippen LogP contribution in [-0.4, -0.2) is 11.8 Å². The fourth-order valence-electron chi connectivity index (χ4n) is 3.80.